The third-order valence-electron chi connectivity index (χ3n) is 4.49. The fourth-order valence-electron chi connectivity index (χ4n) is 3.09. The van der Waals surface area contributed by atoms with E-state index in [0.717, 1.165) is 49.4 Å². The monoisotopic (exact) mass is 326 g/mol. The van der Waals surface area contributed by atoms with Crippen molar-refractivity contribution in [3.05, 3.63) is 42.5 Å². The number of piperidine rings is 1. The highest BCUT2D eigenvalue weighted by molar-refractivity contribution is 5.64. The quantitative estimate of drug-likeness (QED) is 0.883. The van der Waals surface area contributed by atoms with Gasteiger partial charge in [0.2, 0.25) is 0 Å². The number of nitrogens with one attached hydrogen (secondary N) is 1. The highest BCUT2D eigenvalue weighted by atomic mass is 16.4. The Morgan fingerprint density at radius 2 is 1.88 bits per heavy atom. The van der Waals surface area contributed by atoms with E-state index in [4.69, 9.17) is 5.11 Å². The SMILES string of the molecule is O=C(O)NCCC1CCN(c2ccc(-c3ccccc3)nn2)CC1. The van der Waals surface area contributed by atoms with E-state index in [0.29, 0.717) is 12.5 Å². The van der Waals surface area contributed by atoms with Crippen LogP contribution in [0.25, 0.3) is 11.3 Å². The third kappa shape index (κ3) is 4.22. The van der Waals surface area contributed by atoms with Crippen LogP contribution in [0.2, 0.25) is 0 Å². The van der Waals surface area contributed by atoms with E-state index in [9.17, 15) is 4.79 Å². The number of aromatic nitrogens is 2. The van der Waals surface area contributed by atoms with Crippen LogP contribution in [-0.2, 0) is 0 Å². The molecule has 0 bridgehead atoms. The first-order valence-corrected chi connectivity index (χ1v) is 8.33. The van der Waals surface area contributed by atoms with Crippen molar-refractivity contribution in [1.82, 2.24) is 15.5 Å². The average Bonchev–Trinajstić information content (AvgIpc) is 2.63. The second kappa shape index (κ2) is 7.77. The second-order valence-electron chi connectivity index (χ2n) is 6.09. The summed E-state index contributed by atoms with van der Waals surface area (Å²) < 4.78 is 0. The largest absolute Gasteiger partial charge is 0.465 e. The summed E-state index contributed by atoms with van der Waals surface area (Å²) in [5, 5.41) is 19.8. The van der Waals surface area contributed by atoms with Gasteiger partial charge in [-0.15, -0.1) is 10.2 Å². The lowest BCUT2D eigenvalue weighted by Gasteiger charge is -2.32. The predicted molar refractivity (Wildman–Crippen MR) is 93.0 cm³/mol. The molecule has 1 aliphatic heterocycles. The molecule has 24 heavy (non-hydrogen) atoms. The van der Waals surface area contributed by atoms with Gasteiger partial charge in [0.05, 0.1) is 5.69 Å². The van der Waals surface area contributed by atoms with Gasteiger partial charge in [-0.2, -0.15) is 0 Å². The predicted octanol–water partition coefficient (Wildman–Crippen LogP) is 3.02. The van der Waals surface area contributed by atoms with E-state index >= 15 is 0 Å². The van der Waals surface area contributed by atoms with Gasteiger partial charge in [-0.05, 0) is 37.3 Å². The Kier molecular flexibility index (Phi) is 5.25. The van der Waals surface area contributed by atoms with Crippen molar-refractivity contribution in [3.63, 3.8) is 0 Å². The number of rotatable bonds is 5. The third-order valence-corrected chi connectivity index (χ3v) is 4.49. The Morgan fingerprint density at radius 3 is 2.50 bits per heavy atom. The van der Waals surface area contributed by atoms with Gasteiger partial charge < -0.3 is 15.3 Å². The highest BCUT2D eigenvalue weighted by Gasteiger charge is 2.20. The van der Waals surface area contributed by atoms with Crippen molar-refractivity contribution in [3.8, 4) is 11.3 Å². The van der Waals surface area contributed by atoms with E-state index in [2.05, 4.69) is 20.4 Å². The molecular weight excluding hydrogens is 304 g/mol. The Balaban J connectivity index is 1.52. The maximum Gasteiger partial charge on any atom is 0.404 e. The van der Waals surface area contributed by atoms with Crippen molar-refractivity contribution in [2.45, 2.75) is 19.3 Å². The van der Waals surface area contributed by atoms with Crippen molar-refractivity contribution in [1.29, 1.82) is 0 Å². The summed E-state index contributed by atoms with van der Waals surface area (Å²) in [5.74, 6) is 1.49. The van der Waals surface area contributed by atoms with Crippen LogP contribution >= 0.6 is 0 Å². The summed E-state index contributed by atoms with van der Waals surface area (Å²) in [4.78, 5) is 12.7. The molecule has 1 aromatic heterocycles. The van der Waals surface area contributed by atoms with Gasteiger partial charge in [-0.1, -0.05) is 30.3 Å². The Bertz CT molecular complexity index is 652. The fourth-order valence-corrected chi connectivity index (χ4v) is 3.09. The van der Waals surface area contributed by atoms with Crippen LogP contribution in [0.3, 0.4) is 0 Å². The maximum absolute atomic E-state index is 10.5. The molecule has 3 rings (SSSR count). The van der Waals surface area contributed by atoms with Crippen molar-refractivity contribution >= 4 is 11.9 Å². The molecule has 2 heterocycles. The molecule has 0 aliphatic carbocycles. The first-order valence-electron chi connectivity index (χ1n) is 8.33. The molecule has 0 saturated carbocycles. The standard InChI is InChI=1S/C18H22N4O2/c23-18(24)19-11-8-14-9-12-22(13-10-14)17-7-6-16(20-21-17)15-4-2-1-3-5-15/h1-7,14,19H,8-13H2,(H,23,24). The highest BCUT2D eigenvalue weighted by Crippen LogP contribution is 2.24. The molecule has 0 unspecified atom stereocenters. The molecule has 1 aliphatic rings. The van der Waals surface area contributed by atoms with Gasteiger partial charge in [-0.3, -0.25) is 0 Å². The van der Waals surface area contributed by atoms with Crippen LogP contribution in [0, 0.1) is 5.92 Å². The zero-order chi connectivity index (χ0) is 16.8. The molecule has 1 fully saturated rings. The van der Waals surface area contributed by atoms with Gasteiger partial charge in [0, 0.05) is 25.2 Å². The zero-order valence-corrected chi connectivity index (χ0v) is 13.6. The fraction of sp³-hybridized carbons (Fsp3) is 0.389. The maximum atomic E-state index is 10.5. The van der Waals surface area contributed by atoms with Crippen molar-refractivity contribution in [2.24, 2.45) is 5.92 Å². The lowest BCUT2D eigenvalue weighted by atomic mass is 9.93. The van der Waals surface area contributed by atoms with E-state index in [1.54, 1.807) is 0 Å². The lowest BCUT2D eigenvalue weighted by molar-refractivity contribution is 0.193. The summed E-state index contributed by atoms with van der Waals surface area (Å²) in [5.41, 5.74) is 1.95. The van der Waals surface area contributed by atoms with Crippen LogP contribution < -0.4 is 10.2 Å². The molecule has 1 saturated heterocycles. The Hall–Kier alpha value is -2.63. The van der Waals surface area contributed by atoms with Crippen LogP contribution in [0.1, 0.15) is 19.3 Å². The first kappa shape index (κ1) is 16.2. The van der Waals surface area contributed by atoms with Gasteiger partial charge in [0.25, 0.3) is 0 Å². The van der Waals surface area contributed by atoms with Gasteiger partial charge in [0.15, 0.2) is 5.82 Å². The average molecular weight is 326 g/mol. The van der Waals surface area contributed by atoms with Gasteiger partial charge in [-0.25, -0.2) is 4.79 Å². The molecule has 2 aromatic rings. The van der Waals surface area contributed by atoms with Crippen LogP contribution in [0.15, 0.2) is 42.5 Å². The number of nitrogens with zero attached hydrogens (tertiary/aromatic N) is 3. The number of amides is 1. The van der Waals surface area contributed by atoms with Crippen molar-refractivity contribution in [2.75, 3.05) is 24.5 Å². The Morgan fingerprint density at radius 1 is 1.12 bits per heavy atom. The minimum atomic E-state index is -0.943. The second-order valence-corrected chi connectivity index (χ2v) is 6.09. The molecule has 0 radical (unpaired) electrons. The van der Waals surface area contributed by atoms with E-state index in [1.165, 1.54) is 0 Å². The minimum Gasteiger partial charge on any atom is -0.465 e. The van der Waals surface area contributed by atoms with Gasteiger partial charge >= 0.3 is 6.09 Å². The minimum absolute atomic E-state index is 0.533. The lowest BCUT2D eigenvalue weighted by Crippen LogP contribution is -2.35. The van der Waals surface area contributed by atoms with Crippen LogP contribution in [0.4, 0.5) is 10.6 Å². The summed E-state index contributed by atoms with van der Waals surface area (Å²) >= 11 is 0. The van der Waals surface area contributed by atoms with Crippen LogP contribution in [0.5, 0.6) is 0 Å². The number of benzene rings is 1. The smallest absolute Gasteiger partial charge is 0.404 e. The number of hydrogen-bond donors (Lipinski definition) is 2. The molecule has 126 valence electrons. The molecule has 2 N–H and O–H groups in total. The molecule has 0 atom stereocenters. The molecule has 0 spiro atoms. The molecule has 6 nitrogen and oxygen atoms in total. The Labute approximate surface area is 141 Å². The number of carboxylic acid groups (broad SMARTS) is 1. The molecule has 1 aromatic carbocycles. The molecular formula is C18H22N4O2. The summed E-state index contributed by atoms with van der Waals surface area (Å²) in [6.45, 7) is 2.42. The van der Waals surface area contributed by atoms with E-state index in [-0.39, 0.29) is 0 Å². The summed E-state index contributed by atoms with van der Waals surface area (Å²) in [7, 11) is 0. The number of anilines is 1. The summed E-state index contributed by atoms with van der Waals surface area (Å²) in [6.07, 6.45) is 2.08. The van der Waals surface area contributed by atoms with Gasteiger partial charge in [0.1, 0.15) is 0 Å². The molecule has 1 amide bonds. The normalized spacial score (nSPS) is 15.2. The number of carbonyl (C=O) groups is 1. The van der Waals surface area contributed by atoms with E-state index in [1.807, 2.05) is 42.5 Å². The van der Waals surface area contributed by atoms with Crippen LogP contribution in [-0.4, -0.2) is 41.0 Å². The van der Waals surface area contributed by atoms with Crippen molar-refractivity contribution < 1.29 is 9.90 Å². The summed E-state index contributed by atoms with van der Waals surface area (Å²) in [6, 6.07) is 14.1. The van der Waals surface area contributed by atoms with E-state index < -0.39 is 6.09 Å². The number of hydrogen-bond acceptors (Lipinski definition) is 4. The topological polar surface area (TPSA) is 78.4 Å². The zero-order valence-electron chi connectivity index (χ0n) is 13.6. The first-order chi connectivity index (χ1) is 11.7. The molecule has 6 heteroatoms.